The Morgan fingerprint density at radius 3 is 2.64 bits per heavy atom. The molecule has 0 amide bonds. The summed E-state index contributed by atoms with van der Waals surface area (Å²) in [5, 5.41) is 20.3. The summed E-state index contributed by atoms with van der Waals surface area (Å²) in [5.74, 6) is 0.845. The lowest BCUT2D eigenvalue weighted by Crippen LogP contribution is -2.04. The van der Waals surface area contributed by atoms with Gasteiger partial charge in [-0.25, -0.2) is 0 Å². The van der Waals surface area contributed by atoms with Gasteiger partial charge in [-0.3, -0.25) is 10.1 Å². The van der Waals surface area contributed by atoms with E-state index < -0.39 is 0 Å². The van der Waals surface area contributed by atoms with Crippen molar-refractivity contribution in [3.63, 3.8) is 0 Å². The topological polar surface area (TPSA) is 73.8 Å². The third kappa shape index (κ3) is 4.06. The van der Waals surface area contributed by atoms with Crippen LogP contribution in [0.25, 0.3) is 0 Å². The fourth-order valence-corrected chi connectivity index (χ4v) is 3.52. The van der Waals surface area contributed by atoms with Crippen LogP contribution < -0.4 is 0 Å². The normalized spacial score (nSPS) is 12.1. The second-order valence-corrected chi connectivity index (χ2v) is 7.02. The van der Waals surface area contributed by atoms with E-state index in [0.29, 0.717) is 6.54 Å². The van der Waals surface area contributed by atoms with E-state index in [4.69, 9.17) is 0 Å². The Kier molecular flexibility index (Phi) is 5.14. The van der Waals surface area contributed by atoms with Crippen molar-refractivity contribution >= 4 is 17.4 Å². The minimum Gasteiger partial charge on any atom is -0.302 e. The zero-order chi connectivity index (χ0) is 17.8. The van der Waals surface area contributed by atoms with Crippen molar-refractivity contribution in [3.8, 4) is 0 Å². The van der Waals surface area contributed by atoms with E-state index in [9.17, 15) is 10.1 Å². The van der Waals surface area contributed by atoms with Crippen molar-refractivity contribution in [3.05, 3.63) is 81.7 Å². The monoisotopic (exact) mass is 354 g/mol. The molecule has 0 saturated heterocycles. The summed E-state index contributed by atoms with van der Waals surface area (Å²) >= 11 is 1.55. The SMILES string of the molecule is Cc1nnc(S[C@H](C)c2cccc([N+](=O)[O-])c2)n1Cc1ccccc1. The Balaban J connectivity index is 1.81. The number of nitrogens with zero attached hydrogens (tertiary/aromatic N) is 4. The van der Waals surface area contributed by atoms with Crippen molar-refractivity contribution in [1.82, 2.24) is 14.8 Å². The van der Waals surface area contributed by atoms with Gasteiger partial charge >= 0.3 is 0 Å². The highest BCUT2D eigenvalue weighted by Crippen LogP contribution is 2.35. The average Bonchev–Trinajstić information content (AvgIpc) is 2.96. The van der Waals surface area contributed by atoms with Crippen LogP contribution in [0.3, 0.4) is 0 Å². The number of hydrogen-bond donors (Lipinski definition) is 0. The van der Waals surface area contributed by atoms with Gasteiger partial charge in [0.05, 0.1) is 11.5 Å². The summed E-state index contributed by atoms with van der Waals surface area (Å²) < 4.78 is 2.06. The van der Waals surface area contributed by atoms with Gasteiger partial charge in [-0.15, -0.1) is 10.2 Å². The molecule has 0 fully saturated rings. The van der Waals surface area contributed by atoms with Gasteiger partial charge in [-0.05, 0) is 25.0 Å². The minimum absolute atomic E-state index is 0.0259. The van der Waals surface area contributed by atoms with Gasteiger partial charge in [-0.2, -0.15) is 0 Å². The molecule has 0 radical (unpaired) electrons. The molecule has 1 heterocycles. The number of nitro benzene ring substituents is 1. The van der Waals surface area contributed by atoms with Gasteiger partial charge in [-0.1, -0.05) is 54.2 Å². The highest BCUT2D eigenvalue weighted by molar-refractivity contribution is 7.99. The van der Waals surface area contributed by atoms with Gasteiger partial charge in [0, 0.05) is 17.4 Å². The second kappa shape index (κ2) is 7.48. The molecule has 0 aliphatic carbocycles. The van der Waals surface area contributed by atoms with E-state index in [-0.39, 0.29) is 15.9 Å². The van der Waals surface area contributed by atoms with Crippen LogP contribution in [0.2, 0.25) is 0 Å². The first-order valence-corrected chi connectivity index (χ1v) is 8.77. The zero-order valence-electron chi connectivity index (χ0n) is 14.0. The third-order valence-electron chi connectivity index (χ3n) is 3.92. The number of hydrogen-bond acceptors (Lipinski definition) is 5. The van der Waals surface area contributed by atoms with Crippen molar-refractivity contribution in [2.75, 3.05) is 0 Å². The first-order chi connectivity index (χ1) is 12.0. The van der Waals surface area contributed by atoms with Crippen molar-refractivity contribution in [2.45, 2.75) is 30.8 Å². The second-order valence-electron chi connectivity index (χ2n) is 5.71. The highest BCUT2D eigenvalue weighted by Gasteiger charge is 2.17. The van der Waals surface area contributed by atoms with Gasteiger partial charge < -0.3 is 4.57 Å². The Labute approximate surface area is 150 Å². The van der Waals surface area contributed by atoms with Gasteiger partial charge in [0.15, 0.2) is 5.16 Å². The van der Waals surface area contributed by atoms with Crippen LogP contribution in [-0.4, -0.2) is 19.7 Å². The van der Waals surface area contributed by atoms with E-state index >= 15 is 0 Å². The molecule has 3 rings (SSSR count). The molecule has 0 bridgehead atoms. The van der Waals surface area contributed by atoms with Crippen LogP contribution in [0.1, 0.15) is 29.1 Å². The van der Waals surface area contributed by atoms with Gasteiger partial charge in [0.25, 0.3) is 5.69 Å². The Hall–Kier alpha value is -2.67. The quantitative estimate of drug-likeness (QED) is 0.373. The number of aromatic nitrogens is 3. The predicted molar refractivity (Wildman–Crippen MR) is 97.7 cm³/mol. The smallest absolute Gasteiger partial charge is 0.269 e. The van der Waals surface area contributed by atoms with Crippen molar-refractivity contribution in [1.29, 1.82) is 0 Å². The number of aryl methyl sites for hydroxylation is 1. The Morgan fingerprint density at radius 2 is 1.92 bits per heavy atom. The molecule has 128 valence electrons. The number of thioether (sulfide) groups is 1. The molecule has 3 aromatic rings. The third-order valence-corrected chi connectivity index (χ3v) is 5.06. The standard InChI is InChI=1S/C18H18N4O2S/c1-13(16-9-6-10-17(11-16)22(23)24)25-18-20-19-14(2)21(18)12-15-7-4-3-5-8-15/h3-11,13H,12H2,1-2H3/t13-/m1/s1. The molecule has 2 aromatic carbocycles. The fourth-order valence-electron chi connectivity index (χ4n) is 2.51. The van der Waals surface area contributed by atoms with Crippen LogP contribution >= 0.6 is 11.8 Å². The molecule has 0 aliphatic heterocycles. The lowest BCUT2D eigenvalue weighted by Gasteiger charge is -2.13. The largest absolute Gasteiger partial charge is 0.302 e. The molecule has 1 atom stereocenters. The summed E-state index contributed by atoms with van der Waals surface area (Å²) in [4.78, 5) is 10.6. The lowest BCUT2D eigenvalue weighted by molar-refractivity contribution is -0.384. The van der Waals surface area contributed by atoms with Crippen LogP contribution in [0.4, 0.5) is 5.69 Å². The van der Waals surface area contributed by atoms with E-state index in [0.717, 1.165) is 16.5 Å². The number of nitro groups is 1. The molecule has 0 unspecified atom stereocenters. The lowest BCUT2D eigenvalue weighted by atomic mass is 10.1. The maximum atomic E-state index is 11.0. The Bertz CT molecular complexity index is 880. The van der Waals surface area contributed by atoms with Crippen LogP contribution in [0.15, 0.2) is 59.8 Å². The first kappa shape index (κ1) is 17.2. The summed E-state index contributed by atoms with van der Waals surface area (Å²) in [6, 6.07) is 16.9. The molecular formula is C18H18N4O2S. The van der Waals surface area contributed by atoms with Crippen LogP contribution in [-0.2, 0) is 6.54 Å². The summed E-state index contributed by atoms with van der Waals surface area (Å²) in [6.07, 6.45) is 0. The molecule has 0 N–H and O–H groups in total. The minimum atomic E-state index is -0.372. The average molecular weight is 354 g/mol. The molecule has 6 nitrogen and oxygen atoms in total. The number of rotatable bonds is 6. The molecule has 0 spiro atoms. The fraction of sp³-hybridized carbons (Fsp3) is 0.222. The van der Waals surface area contributed by atoms with E-state index in [1.165, 1.54) is 11.6 Å². The van der Waals surface area contributed by atoms with Gasteiger partial charge in [0.1, 0.15) is 5.82 Å². The molecule has 7 heteroatoms. The van der Waals surface area contributed by atoms with Crippen LogP contribution in [0.5, 0.6) is 0 Å². The van der Waals surface area contributed by atoms with E-state index in [1.807, 2.05) is 38.1 Å². The molecule has 0 aliphatic rings. The summed E-state index contributed by atoms with van der Waals surface area (Å²) in [6.45, 7) is 4.64. The molecule has 0 saturated carbocycles. The maximum Gasteiger partial charge on any atom is 0.269 e. The van der Waals surface area contributed by atoms with E-state index in [1.54, 1.807) is 23.9 Å². The van der Waals surface area contributed by atoms with E-state index in [2.05, 4.69) is 26.9 Å². The Morgan fingerprint density at radius 1 is 1.16 bits per heavy atom. The van der Waals surface area contributed by atoms with Gasteiger partial charge in [0.2, 0.25) is 0 Å². The number of non-ortho nitro benzene ring substituents is 1. The summed E-state index contributed by atoms with van der Waals surface area (Å²) in [5.41, 5.74) is 2.17. The molecular weight excluding hydrogens is 336 g/mol. The number of benzene rings is 2. The van der Waals surface area contributed by atoms with Crippen molar-refractivity contribution < 1.29 is 4.92 Å². The molecule has 1 aromatic heterocycles. The summed E-state index contributed by atoms with van der Waals surface area (Å²) in [7, 11) is 0. The van der Waals surface area contributed by atoms with Crippen molar-refractivity contribution in [2.24, 2.45) is 0 Å². The predicted octanol–water partition coefficient (Wildman–Crippen LogP) is 4.40. The van der Waals surface area contributed by atoms with Crippen LogP contribution in [0, 0.1) is 17.0 Å². The zero-order valence-corrected chi connectivity index (χ0v) is 14.8. The first-order valence-electron chi connectivity index (χ1n) is 7.89. The highest BCUT2D eigenvalue weighted by atomic mass is 32.2. The molecule has 25 heavy (non-hydrogen) atoms. The maximum absolute atomic E-state index is 11.0.